The van der Waals surface area contributed by atoms with Gasteiger partial charge in [0.15, 0.2) is 0 Å². The van der Waals surface area contributed by atoms with Gasteiger partial charge in [-0.3, -0.25) is 0 Å². The fourth-order valence-electron chi connectivity index (χ4n) is 2.63. The molecule has 0 saturated carbocycles. The maximum atomic E-state index is 5.56. The fraction of sp³-hybridized carbons (Fsp3) is 0.533. The van der Waals surface area contributed by atoms with Gasteiger partial charge in [-0.25, -0.2) is 4.99 Å². The monoisotopic (exact) mass is 244 g/mol. The first-order chi connectivity index (χ1) is 8.81. The van der Waals surface area contributed by atoms with Crippen molar-refractivity contribution in [3.63, 3.8) is 0 Å². The van der Waals surface area contributed by atoms with Crippen LogP contribution < -0.4 is 5.32 Å². The van der Waals surface area contributed by atoms with E-state index >= 15 is 0 Å². The molecule has 2 atom stereocenters. The average Bonchev–Trinajstić information content (AvgIpc) is 3.02. The predicted octanol–water partition coefficient (Wildman–Crippen LogP) is 2.15. The Morgan fingerprint density at radius 2 is 2.17 bits per heavy atom. The SMILES string of the molecule is CC1COC(c2ccc(CC3CCCN3)cc2)=N1. The van der Waals surface area contributed by atoms with Gasteiger partial charge in [-0.2, -0.15) is 0 Å². The van der Waals surface area contributed by atoms with E-state index in [2.05, 4.69) is 41.5 Å². The maximum absolute atomic E-state index is 5.56. The molecular formula is C15H20N2O. The molecule has 0 amide bonds. The molecular weight excluding hydrogens is 224 g/mol. The van der Waals surface area contributed by atoms with Crippen molar-refractivity contribution in [1.29, 1.82) is 0 Å². The number of hydrogen-bond acceptors (Lipinski definition) is 3. The number of nitrogens with zero attached hydrogens (tertiary/aromatic N) is 1. The molecule has 0 bridgehead atoms. The normalized spacial score (nSPS) is 27.1. The van der Waals surface area contributed by atoms with E-state index in [-0.39, 0.29) is 0 Å². The smallest absolute Gasteiger partial charge is 0.216 e. The zero-order valence-corrected chi connectivity index (χ0v) is 10.9. The average molecular weight is 244 g/mol. The van der Waals surface area contributed by atoms with E-state index in [4.69, 9.17) is 4.74 Å². The van der Waals surface area contributed by atoms with Crippen LogP contribution in [0.25, 0.3) is 0 Å². The van der Waals surface area contributed by atoms with Crippen LogP contribution in [0.3, 0.4) is 0 Å². The Kier molecular flexibility index (Phi) is 3.33. The highest BCUT2D eigenvalue weighted by Crippen LogP contribution is 2.15. The third-order valence-electron chi connectivity index (χ3n) is 3.64. The van der Waals surface area contributed by atoms with Crippen LogP contribution in [0.1, 0.15) is 30.9 Å². The molecule has 1 fully saturated rings. The van der Waals surface area contributed by atoms with E-state index < -0.39 is 0 Å². The van der Waals surface area contributed by atoms with Crippen molar-refractivity contribution >= 4 is 5.90 Å². The highest BCUT2D eigenvalue weighted by atomic mass is 16.5. The van der Waals surface area contributed by atoms with Crippen molar-refractivity contribution in [3.05, 3.63) is 35.4 Å². The molecule has 3 heteroatoms. The van der Waals surface area contributed by atoms with Crippen molar-refractivity contribution < 1.29 is 4.74 Å². The van der Waals surface area contributed by atoms with Crippen molar-refractivity contribution in [2.75, 3.05) is 13.2 Å². The van der Waals surface area contributed by atoms with E-state index in [1.54, 1.807) is 0 Å². The summed E-state index contributed by atoms with van der Waals surface area (Å²) in [6.45, 7) is 3.96. The van der Waals surface area contributed by atoms with Gasteiger partial charge in [-0.05, 0) is 50.4 Å². The maximum Gasteiger partial charge on any atom is 0.216 e. The number of benzene rings is 1. The number of hydrogen-bond donors (Lipinski definition) is 1. The summed E-state index contributed by atoms with van der Waals surface area (Å²) in [5.41, 5.74) is 2.49. The molecule has 1 N–H and O–H groups in total. The first kappa shape index (κ1) is 11.7. The molecule has 0 spiro atoms. The molecule has 1 aromatic carbocycles. The Morgan fingerprint density at radius 1 is 1.33 bits per heavy atom. The fourth-order valence-corrected chi connectivity index (χ4v) is 2.63. The zero-order chi connectivity index (χ0) is 12.4. The van der Waals surface area contributed by atoms with Gasteiger partial charge >= 0.3 is 0 Å². The van der Waals surface area contributed by atoms with Gasteiger partial charge in [-0.1, -0.05) is 12.1 Å². The summed E-state index contributed by atoms with van der Waals surface area (Å²) in [5.74, 6) is 0.799. The van der Waals surface area contributed by atoms with Gasteiger partial charge in [0.05, 0.1) is 6.04 Å². The first-order valence-corrected chi connectivity index (χ1v) is 6.84. The van der Waals surface area contributed by atoms with E-state index in [1.165, 1.54) is 24.9 Å². The third-order valence-corrected chi connectivity index (χ3v) is 3.64. The largest absolute Gasteiger partial charge is 0.475 e. The van der Waals surface area contributed by atoms with Gasteiger partial charge < -0.3 is 10.1 Å². The van der Waals surface area contributed by atoms with Gasteiger partial charge in [0.1, 0.15) is 6.61 Å². The highest BCUT2D eigenvalue weighted by Gasteiger charge is 2.17. The second-order valence-corrected chi connectivity index (χ2v) is 5.29. The Balaban J connectivity index is 1.67. The van der Waals surface area contributed by atoms with Crippen LogP contribution in [0.5, 0.6) is 0 Å². The zero-order valence-electron chi connectivity index (χ0n) is 10.9. The Morgan fingerprint density at radius 3 is 2.78 bits per heavy atom. The van der Waals surface area contributed by atoms with Crippen molar-refractivity contribution in [2.24, 2.45) is 4.99 Å². The van der Waals surface area contributed by atoms with Gasteiger partial charge in [0.25, 0.3) is 0 Å². The van der Waals surface area contributed by atoms with Crippen LogP contribution in [0.15, 0.2) is 29.3 Å². The summed E-state index contributed by atoms with van der Waals surface area (Å²) in [6, 6.07) is 9.61. The molecule has 0 radical (unpaired) electrons. The number of nitrogens with one attached hydrogen (secondary N) is 1. The topological polar surface area (TPSA) is 33.6 Å². The lowest BCUT2D eigenvalue weighted by atomic mass is 10.0. The van der Waals surface area contributed by atoms with Gasteiger partial charge in [-0.15, -0.1) is 0 Å². The number of aliphatic imine (C=N–C) groups is 1. The third kappa shape index (κ3) is 2.56. The predicted molar refractivity (Wildman–Crippen MR) is 73.1 cm³/mol. The van der Waals surface area contributed by atoms with Gasteiger partial charge in [0.2, 0.25) is 5.90 Å². The molecule has 2 heterocycles. The minimum absolute atomic E-state index is 0.294. The van der Waals surface area contributed by atoms with E-state index in [0.29, 0.717) is 18.7 Å². The second-order valence-electron chi connectivity index (χ2n) is 5.29. The van der Waals surface area contributed by atoms with Crippen LogP contribution in [-0.2, 0) is 11.2 Å². The van der Waals surface area contributed by atoms with Crippen molar-refractivity contribution in [3.8, 4) is 0 Å². The molecule has 2 unspecified atom stereocenters. The molecule has 3 rings (SSSR count). The molecule has 96 valence electrons. The van der Waals surface area contributed by atoms with Crippen LogP contribution in [0, 0.1) is 0 Å². The lowest BCUT2D eigenvalue weighted by Crippen LogP contribution is -2.23. The second kappa shape index (κ2) is 5.11. The molecule has 18 heavy (non-hydrogen) atoms. The van der Waals surface area contributed by atoms with Crippen LogP contribution in [0.4, 0.5) is 0 Å². The minimum Gasteiger partial charge on any atom is -0.475 e. The lowest BCUT2D eigenvalue weighted by Gasteiger charge is -2.10. The Labute approximate surface area is 108 Å². The molecule has 0 aliphatic carbocycles. The highest BCUT2D eigenvalue weighted by molar-refractivity contribution is 5.95. The summed E-state index contributed by atoms with van der Waals surface area (Å²) in [4.78, 5) is 4.47. The first-order valence-electron chi connectivity index (χ1n) is 6.84. The van der Waals surface area contributed by atoms with Crippen LogP contribution >= 0.6 is 0 Å². The summed E-state index contributed by atoms with van der Waals surface area (Å²) >= 11 is 0. The minimum atomic E-state index is 0.294. The molecule has 3 nitrogen and oxygen atoms in total. The summed E-state index contributed by atoms with van der Waals surface area (Å²) in [7, 11) is 0. The van der Waals surface area contributed by atoms with E-state index in [9.17, 15) is 0 Å². The van der Waals surface area contributed by atoms with E-state index in [1.807, 2.05) is 0 Å². The van der Waals surface area contributed by atoms with Crippen molar-refractivity contribution in [2.45, 2.75) is 38.3 Å². The number of rotatable bonds is 3. The lowest BCUT2D eigenvalue weighted by molar-refractivity contribution is 0.324. The molecule has 0 aromatic heterocycles. The summed E-state index contributed by atoms with van der Waals surface area (Å²) in [6.07, 6.45) is 3.74. The molecule has 1 saturated heterocycles. The molecule has 2 aliphatic heterocycles. The standard InChI is InChI=1S/C15H20N2O/c1-11-10-18-15(17-11)13-6-4-12(5-7-13)9-14-3-2-8-16-14/h4-7,11,14,16H,2-3,8-10H2,1H3. The van der Waals surface area contributed by atoms with Crippen LogP contribution in [0.2, 0.25) is 0 Å². The van der Waals surface area contributed by atoms with Crippen molar-refractivity contribution in [1.82, 2.24) is 5.32 Å². The van der Waals surface area contributed by atoms with Gasteiger partial charge in [0, 0.05) is 11.6 Å². The molecule has 1 aromatic rings. The number of ether oxygens (including phenoxy) is 1. The Hall–Kier alpha value is -1.35. The Bertz CT molecular complexity index is 432. The molecule has 2 aliphatic rings. The summed E-state index contributed by atoms with van der Waals surface area (Å²) in [5, 5.41) is 3.53. The quantitative estimate of drug-likeness (QED) is 0.884. The summed E-state index contributed by atoms with van der Waals surface area (Å²) < 4.78 is 5.56. The van der Waals surface area contributed by atoms with Crippen LogP contribution in [-0.4, -0.2) is 31.1 Å². The van der Waals surface area contributed by atoms with E-state index in [0.717, 1.165) is 17.9 Å².